The third kappa shape index (κ3) is 2.63. The maximum atomic E-state index is 5.99. The van der Waals surface area contributed by atoms with E-state index in [9.17, 15) is 0 Å². The summed E-state index contributed by atoms with van der Waals surface area (Å²) in [5.41, 5.74) is 7.62. The van der Waals surface area contributed by atoms with Crippen molar-refractivity contribution in [1.82, 2.24) is 0 Å². The van der Waals surface area contributed by atoms with Crippen LogP contribution in [-0.4, -0.2) is 13.2 Å². The van der Waals surface area contributed by atoms with Crippen LogP contribution in [0.2, 0.25) is 0 Å². The third-order valence-electron chi connectivity index (χ3n) is 3.89. The molecule has 1 saturated carbocycles. The van der Waals surface area contributed by atoms with E-state index in [-0.39, 0.29) is 5.41 Å². The molecule has 0 heterocycles. The Morgan fingerprint density at radius 2 is 1.82 bits per heavy atom. The Morgan fingerprint density at radius 3 is 2.35 bits per heavy atom. The molecule has 94 valence electrons. The summed E-state index contributed by atoms with van der Waals surface area (Å²) >= 11 is 0. The molecular formula is C15H23NO. The lowest BCUT2D eigenvalue weighted by molar-refractivity contribution is 0.317. The van der Waals surface area contributed by atoms with Crippen molar-refractivity contribution in [1.29, 1.82) is 0 Å². The average molecular weight is 233 g/mol. The van der Waals surface area contributed by atoms with Crippen LogP contribution in [0.1, 0.15) is 44.6 Å². The molecular weight excluding hydrogens is 210 g/mol. The van der Waals surface area contributed by atoms with E-state index in [4.69, 9.17) is 10.5 Å². The molecule has 2 nitrogen and oxygen atoms in total. The van der Waals surface area contributed by atoms with Crippen molar-refractivity contribution < 1.29 is 4.74 Å². The zero-order valence-electron chi connectivity index (χ0n) is 10.7. The van der Waals surface area contributed by atoms with Crippen molar-refractivity contribution in [3.8, 4) is 5.75 Å². The summed E-state index contributed by atoms with van der Waals surface area (Å²) in [6.45, 7) is 3.68. The number of nitrogens with two attached hydrogens (primary N) is 1. The van der Waals surface area contributed by atoms with Crippen molar-refractivity contribution in [3.05, 3.63) is 29.8 Å². The highest BCUT2D eigenvalue weighted by Crippen LogP contribution is 2.40. The van der Waals surface area contributed by atoms with Gasteiger partial charge in [0.15, 0.2) is 0 Å². The van der Waals surface area contributed by atoms with E-state index < -0.39 is 0 Å². The fourth-order valence-electron chi connectivity index (χ4n) is 2.79. The Bertz CT molecular complexity index is 338. The lowest BCUT2D eigenvalue weighted by Crippen LogP contribution is -2.31. The van der Waals surface area contributed by atoms with Gasteiger partial charge >= 0.3 is 0 Å². The van der Waals surface area contributed by atoms with Gasteiger partial charge in [-0.2, -0.15) is 0 Å². The van der Waals surface area contributed by atoms with Gasteiger partial charge in [-0.05, 0) is 37.0 Å². The summed E-state index contributed by atoms with van der Waals surface area (Å²) in [6.07, 6.45) is 6.14. The summed E-state index contributed by atoms with van der Waals surface area (Å²) in [7, 11) is 0. The van der Waals surface area contributed by atoms with Crippen molar-refractivity contribution in [2.75, 3.05) is 13.2 Å². The third-order valence-corrected chi connectivity index (χ3v) is 3.89. The van der Waals surface area contributed by atoms with E-state index in [0.717, 1.165) is 25.3 Å². The van der Waals surface area contributed by atoms with Crippen LogP contribution in [0, 0.1) is 0 Å². The molecule has 0 saturated heterocycles. The topological polar surface area (TPSA) is 35.2 Å². The molecule has 1 aliphatic rings. The predicted molar refractivity (Wildman–Crippen MR) is 71.4 cm³/mol. The second-order valence-electron chi connectivity index (χ2n) is 5.06. The van der Waals surface area contributed by atoms with Crippen LogP contribution in [0.4, 0.5) is 0 Å². The van der Waals surface area contributed by atoms with Crippen LogP contribution in [0.15, 0.2) is 24.3 Å². The lowest BCUT2D eigenvalue weighted by Gasteiger charge is -2.28. The highest BCUT2D eigenvalue weighted by atomic mass is 16.5. The van der Waals surface area contributed by atoms with E-state index in [2.05, 4.69) is 31.2 Å². The number of hydrogen-bond donors (Lipinski definition) is 1. The SMILES string of the molecule is CCCOc1ccc(C2(CN)CCCC2)cc1. The Hall–Kier alpha value is -1.02. The standard InChI is InChI=1S/C15H23NO/c1-2-11-17-14-7-5-13(6-8-14)15(12-16)9-3-4-10-15/h5-8H,2-4,9-12,16H2,1H3. The van der Waals surface area contributed by atoms with E-state index in [0.29, 0.717) is 0 Å². The Kier molecular flexibility index (Phi) is 4.06. The monoisotopic (exact) mass is 233 g/mol. The molecule has 1 aromatic carbocycles. The van der Waals surface area contributed by atoms with Crippen molar-refractivity contribution >= 4 is 0 Å². The molecule has 0 atom stereocenters. The van der Waals surface area contributed by atoms with Gasteiger partial charge in [-0.25, -0.2) is 0 Å². The minimum absolute atomic E-state index is 0.239. The van der Waals surface area contributed by atoms with E-state index in [1.807, 2.05) is 0 Å². The van der Waals surface area contributed by atoms with Gasteiger partial charge in [-0.15, -0.1) is 0 Å². The molecule has 2 rings (SSSR count). The van der Waals surface area contributed by atoms with Crippen LogP contribution < -0.4 is 10.5 Å². The molecule has 1 fully saturated rings. The fraction of sp³-hybridized carbons (Fsp3) is 0.600. The summed E-state index contributed by atoms with van der Waals surface area (Å²) < 4.78 is 5.61. The molecule has 0 radical (unpaired) electrons. The highest BCUT2D eigenvalue weighted by Gasteiger charge is 2.33. The number of ether oxygens (including phenoxy) is 1. The molecule has 1 aliphatic carbocycles. The van der Waals surface area contributed by atoms with Gasteiger partial charge in [0.2, 0.25) is 0 Å². The zero-order chi connectivity index (χ0) is 12.1. The van der Waals surface area contributed by atoms with Crippen molar-refractivity contribution in [2.24, 2.45) is 5.73 Å². The Labute approximate surface area is 104 Å². The van der Waals surface area contributed by atoms with Crippen LogP contribution in [-0.2, 0) is 5.41 Å². The van der Waals surface area contributed by atoms with Crippen molar-refractivity contribution in [3.63, 3.8) is 0 Å². The van der Waals surface area contributed by atoms with E-state index >= 15 is 0 Å². The van der Waals surface area contributed by atoms with Gasteiger partial charge in [-0.1, -0.05) is 31.9 Å². The molecule has 0 unspecified atom stereocenters. The second-order valence-corrected chi connectivity index (χ2v) is 5.06. The lowest BCUT2D eigenvalue weighted by atomic mass is 9.79. The molecule has 1 aromatic rings. The summed E-state index contributed by atoms with van der Waals surface area (Å²) in [4.78, 5) is 0. The molecule has 0 spiro atoms. The second kappa shape index (κ2) is 5.54. The molecule has 0 bridgehead atoms. The molecule has 17 heavy (non-hydrogen) atoms. The number of rotatable bonds is 5. The Balaban J connectivity index is 2.11. The predicted octanol–water partition coefficient (Wildman–Crippen LogP) is 3.25. The molecule has 0 aromatic heterocycles. The number of benzene rings is 1. The largest absolute Gasteiger partial charge is 0.494 e. The van der Waals surface area contributed by atoms with Gasteiger partial charge < -0.3 is 10.5 Å². The molecule has 2 N–H and O–H groups in total. The van der Waals surface area contributed by atoms with E-state index in [1.54, 1.807) is 0 Å². The quantitative estimate of drug-likeness (QED) is 0.847. The van der Waals surface area contributed by atoms with Gasteiger partial charge in [0.25, 0.3) is 0 Å². The van der Waals surface area contributed by atoms with Gasteiger partial charge in [-0.3, -0.25) is 0 Å². The first-order chi connectivity index (χ1) is 8.30. The molecule has 2 heteroatoms. The van der Waals surface area contributed by atoms with Gasteiger partial charge in [0, 0.05) is 12.0 Å². The van der Waals surface area contributed by atoms with Crippen LogP contribution in [0.5, 0.6) is 5.75 Å². The summed E-state index contributed by atoms with van der Waals surface area (Å²) in [5.74, 6) is 0.973. The number of hydrogen-bond acceptors (Lipinski definition) is 2. The van der Waals surface area contributed by atoms with Gasteiger partial charge in [0.05, 0.1) is 6.61 Å². The summed E-state index contributed by atoms with van der Waals surface area (Å²) in [6, 6.07) is 8.56. The van der Waals surface area contributed by atoms with Crippen LogP contribution in [0.25, 0.3) is 0 Å². The van der Waals surface area contributed by atoms with Crippen LogP contribution in [0.3, 0.4) is 0 Å². The average Bonchev–Trinajstić information content (AvgIpc) is 2.87. The first kappa shape index (κ1) is 12.4. The maximum Gasteiger partial charge on any atom is 0.119 e. The smallest absolute Gasteiger partial charge is 0.119 e. The minimum Gasteiger partial charge on any atom is -0.494 e. The molecule has 0 aliphatic heterocycles. The van der Waals surface area contributed by atoms with Crippen LogP contribution >= 0.6 is 0 Å². The highest BCUT2D eigenvalue weighted by molar-refractivity contribution is 5.33. The first-order valence-electron chi connectivity index (χ1n) is 6.74. The maximum absolute atomic E-state index is 5.99. The van der Waals surface area contributed by atoms with E-state index in [1.165, 1.54) is 31.2 Å². The Morgan fingerprint density at radius 1 is 1.18 bits per heavy atom. The molecule has 0 amide bonds. The minimum atomic E-state index is 0.239. The zero-order valence-corrected chi connectivity index (χ0v) is 10.7. The van der Waals surface area contributed by atoms with Crippen molar-refractivity contribution in [2.45, 2.75) is 44.4 Å². The fourth-order valence-corrected chi connectivity index (χ4v) is 2.79. The first-order valence-corrected chi connectivity index (χ1v) is 6.74. The normalized spacial score (nSPS) is 18.2. The summed E-state index contributed by atoms with van der Waals surface area (Å²) in [5, 5.41) is 0. The van der Waals surface area contributed by atoms with Gasteiger partial charge in [0.1, 0.15) is 5.75 Å².